The van der Waals surface area contributed by atoms with E-state index in [1.165, 1.54) is 0 Å². The first-order valence-electron chi connectivity index (χ1n) is 12.1. The predicted molar refractivity (Wildman–Crippen MR) is 116 cm³/mol. The molecule has 2 aliphatic heterocycles. The SMILES string of the molecule is O=C(NC1C2CC3CC1CC(O)(C3)C2)c1cnc(N[C@H]2CCOC2)nc1N1CCCC1. The summed E-state index contributed by atoms with van der Waals surface area (Å²) in [4.78, 5) is 24.9. The fraction of sp³-hybridized carbons (Fsp3) is 0.783. The van der Waals surface area contributed by atoms with Crippen molar-refractivity contribution in [2.75, 3.05) is 36.5 Å². The van der Waals surface area contributed by atoms with Crippen LogP contribution in [0.2, 0.25) is 0 Å². The highest BCUT2D eigenvalue weighted by molar-refractivity contribution is 5.99. The van der Waals surface area contributed by atoms with E-state index < -0.39 is 5.60 Å². The van der Waals surface area contributed by atoms with Crippen LogP contribution >= 0.6 is 0 Å². The lowest BCUT2D eigenvalue weighted by atomic mass is 9.52. The largest absolute Gasteiger partial charge is 0.390 e. The third-order valence-electron chi connectivity index (χ3n) is 8.22. The number of hydrogen-bond donors (Lipinski definition) is 3. The van der Waals surface area contributed by atoms with Crippen molar-refractivity contribution < 1.29 is 14.6 Å². The molecule has 6 fully saturated rings. The lowest BCUT2D eigenvalue weighted by Gasteiger charge is -2.58. The standard InChI is InChI=1S/C23H33N5O3/c29-21(26-19-15-7-14-8-16(19)11-23(30,9-14)10-15)18-12-24-22(25-17-3-6-31-13-17)27-20(18)28-4-1-2-5-28/h12,14-17,19,30H,1-11,13H2,(H,26,29)(H,24,25,27)/t14?,15?,16?,17-,19?,23?/m0/s1. The molecule has 6 aliphatic rings. The second-order valence-corrected chi connectivity index (χ2v) is 10.5. The number of carbonyl (C=O) groups excluding carboxylic acids is 1. The molecule has 0 aromatic carbocycles. The van der Waals surface area contributed by atoms with Crippen LogP contribution in [0.1, 0.15) is 61.7 Å². The minimum Gasteiger partial charge on any atom is -0.390 e. The lowest BCUT2D eigenvalue weighted by Crippen LogP contribution is -2.61. The molecule has 3 N–H and O–H groups in total. The number of rotatable bonds is 5. The molecule has 4 bridgehead atoms. The van der Waals surface area contributed by atoms with E-state index >= 15 is 0 Å². The molecule has 168 valence electrons. The van der Waals surface area contributed by atoms with Gasteiger partial charge in [-0.1, -0.05) is 0 Å². The molecule has 0 radical (unpaired) electrons. The summed E-state index contributed by atoms with van der Waals surface area (Å²) in [5.41, 5.74) is 0.0846. The van der Waals surface area contributed by atoms with Gasteiger partial charge in [-0.15, -0.1) is 0 Å². The highest BCUT2D eigenvalue weighted by atomic mass is 16.5. The molecule has 1 aromatic heterocycles. The number of amides is 1. The molecule has 1 aromatic rings. The van der Waals surface area contributed by atoms with E-state index in [9.17, 15) is 9.90 Å². The van der Waals surface area contributed by atoms with Crippen LogP contribution in [0.3, 0.4) is 0 Å². The van der Waals surface area contributed by atoms with Crippen molar-refractivity contribution in [2.45, 2.75) is 69.1 Å². The number of nitrogens with zero attached hydrogens (tertiary/aromatic N) is 3. The Morgan fingerprint density at radius 3 is 2.65 bits per heavy atom. The fourth-order valence-electron chi connectivity index (χ4n) is 7.05. The van der Waals surface area contributed by atoms with Crippen molar-refractivity contribution in [3.8, 4) is 0 Å². The third-order valence-corrected chi connectivity index (χ3v) is 8.22. The highest BCUT2D eigenvalue weighted by Crippen LogP contribution is 2.55. The topological polar surface area (TPSA) is 99.6 Å². The molecule has 8 nitrogen and oxygen atoms in total. The van der Waals surface area contributed by atoms with Gasteiger partial charge in [-0.05, 0) is 69.1 Å². The number of aliphatic hydroxyl groups is 1. The first kappa shape index (κ1) is 19.7. The third kappa shape index (κ3) is 3.67. The van der Waals surface area contributed by atoms with E-state index in [-0.39, 0.29) is 18.0 Å². The van der Waals surface area contributed by atoms with E-state index in [1.807, 2.05) is 0 Å². The van der Waals surface area contributed by atoms with Gasteiger partial charge in [0.2, 0.25) is 5.95 Å². The summed E-state index contributed by atoms with van der Waals surface area (Å²) >= 11 is 0. The van der Waals surface area contributed by atoms with Crippen LogP contribution in [0, 0.1) is 17.8 Å². The molecule has 4 aliphatic carbocycles. The Morgan fingerprint density at radius 2 is 1.97 bits per heavy atom. The summed E-state index contributed by atoms with van der Waals surface area (Å²) in [6, 6.07) is 0.383. The van der Waals surface area contributed by atoms with Gasteiger partial charge < -0.3 is 25.4 Å². The van der Waals surface area contributed by atoms with Gasteiger partial charge in [0.05, 0.1) is 18.2 Å². The molecule has 8 heteroatoms. The molecule has 4 saturated carbocycles. The van der Waals surface area contributed by atoms with Crippen molar-refractivity contribution in [1.29, 1.82) is 0 Å². The molecule has 2 saturated heterocycles. The Balaban J connectivity index is 1.23. The van der Waals surface area contributed by atoms with E-state index in [0.717, 1.165) is 76.9 Å². The van der Waals surface area contributed by atoms with Gasteiger partial charge in [0.1, 0.15) is 11.4 Å². The smallest absolute Gasteiger partial charge is 0.256 e. The second kappa shape index (κ2) is 7.59. The van der Waals surface area contributed by atoms with E-state index in [4.69, 9.17) is 9.72 Å². The predicted octanol–water partition coefficient (Wildman–Crippen LogP) is 1.95. The van der Waals surface area contributed by atoms with Gasteiger partial charge in [-0.25, -0.2) is 4.98 Å². The number of anilines is 2. The average Bonchev–Trinajstić information content (AvgIpc) is 3.43. The normalized spacial score (nSPS) is 38.6. The first-order chi connectivity index (χ1) is 15.1. The molecule has 2 unspecified atom stereocenters. The second-order valence-electron chi connectivity index (χ2n) is 10.5. The quantitative estimate of drug-likeness (QED) is 0.660. The van der Waals surface area contributed by atoms with Gasteiger partial charge >= 0.3 is 0 Å². The van der Waals surface area contributed by atoms with Crippen LogP contribution in [0.15, 0.2) is 6.20 Å². The maximum Gasteiger partial charge on any atom is 0.256 e. The summed E-state index contributed by atoms with van der Waals surface area (Å²) in [5.74, 6) is 2.66. The van der Waals surface area contributed by atoms with Gasteiger partial charge in [0.15, 0.2) is 0 Å². The first-order valence-corrected chi connectivity index (χ1v) is 12.1. The molecule has 31 heavy (non-hydrogen) atoms. The van der Waals surface area contributed by atoms with Crippen molar-refractivity contribution in [3.05, 3.63) is 11.8 Å². The number of nitrogens with one attached hydrogen (secondary N) is 2. The maximum atomic E-state index is 13.4. The fourth-order valence-corrected chi connectivity index (χ4v) is 7.05. The Labute approximate surface area is 183 Å². The molecular formula is C23H33N5O3. The van der Waals surface area contributed by atoms with Crippen molar-refractivity contribution >= 4 is 17.7 Å². The van der Waals surface area contributed by atoms with Crippen molar-refractivity contribution in [3.63, 3.8) is 0 Å². The molecular weight excluding hydrogens is 394 g/mol. The van der Waals surface area contributed by atoms with Gasteiger partial charge in [-0.3, -0.25) is 4.79 Å². The Morgan fingerprint density at radius 1 is 1.19 bits per heavy atom. The molecule has 0 spiro atoms. The maximum absolute atomic E-state index is 13.4. The average molecular weight is 428 g/mol. The van der Waals surface area contributed by atoms with Gasteiger partial charge in [0.25, 0.3) is 5.91 Å². The zero-order valence-corrected chi connectivity index (χ0v) is 18.1. The van der Waals surface area contributed by atoms with Crippen molar-refractivity contribution in [1.82, 2.24) is 15.3 Å². The summed E-state index contributed by atoms with van der Waals surface area (Å²) in [6.45, 7) is 3.28. The Kier molecular flexibility index (Phi) is 4.83. The monoisotopic (exact) mass is 427 g/mol. The van der Waals surface area contributed by atoms with E-state index in [2.05, 4.69) is 20.5 Å². The van der Waals surface area contributed by atoms with Crippen LogP contribution < -0.4 is 15.5 Å². The van der Waals surface area contributed by atoms with Crippen LogP contribution in [0.5, 0.6) is 0 Å². The zero-order chi connectivity index (χ0) is 21.0. The van der Waals surface area contributed by atoms with Gasteiger partial charge in [-0.2, -0.15) is 4.98 Å². The molecule has 3 atom stereocenters. The number of aromatic nitrogens is 2. The molecule has 7 rings (SSSR count). The molecule has 1 amide bonds. The number of carbonyl (C=O) groups is 1. The number of hydrogen-bond acceptors (Lipinski definition) is 7. The minimum absolute atomic E-state index is 0.0675. The zero-order valence-electron chi connectivity index (χ0n) is 18.1. The van der Waals surface area contributed by atoms with Gasteiger partial charge in [0, 0.05) is 31.9 Å². The number of ether oxygens (including phenoxy) is 1. The lowest BCUT2D eigenvalue weighted by molar-refractivity contribution is -0.136. The Bertz CT molecular complexity index is 836. The summed E-state index contributed by atoms with van der Waals surface area (Å²) < 4.78 is 5.45. The van der Waals surface area contributed by atoms with Crippen LogP contribution in [-0.2, 0) is 4.74 Å². The summed E-state index contributed by atoms with van der Waals surface area (Å²) in [5, 5.41) is 17.6. The summed E-state index contributed by atoms with van der Waals surface area (Å²) in [7, 11) is 0. The van der Waals surface area contributed by atoms with Crippen molar-refractivity contribution in [2.24, 2.45) is 17.8 Å². The van der Waals surface area contributed by atoms with E-state index in [0.29, 0.717) is 35.9 Å². The minimum atomic E-state index is -0.487. The van der Waals surface area contributed by atoms with Crippen LogP contribution in [0.4, 0.5) is 11.8 Å². The van der Waals surface area contributed by atoms with Crippen LogP contribution in [-0.4, -0.2) is 65.0 Å². The molecule has 3 heterocycles. The highest BCUT2D eigenvalue weighted by Gasteiger charge is 2.55. The van der Waals surface area contributed by atoms with E-state index in [1.54, 1.807) is 6.20 Å². The van der Waals surface area contributed by atoms with Crippen LogP contribution in [0.25, 0.3) is 0 Å². The summed E-state index contributed by atoms with van der Waals surface area (Å²) in [6.07, 6.45) is 9.75. The Hall–Kier alpha value is -1.93.